The van der Waals surface area contributed by atoms with E-state index in [1.54, 1.807) is 52.8 Å². The molecule has 2 saturated carbocycles. The molecule has 2 amide bonds. The minimum absolute atomic E-state index is 0.00767. The van der Waals surface area contributed by atoms with Gasteiger partial charge < -0.3 is 58.3 Å². The van der Waals surface area contributed by atoms with Crippen molar-refractivity contribution >= 4 is 42.0 Å². The van der Waals surface area contributed by atoms with Crippen LogP contribution in [-0.2, 0) is 52.3 Å². The molecule has 5 aliphatic rings. The predicted molar refractivity (Wildman–Crippen MR) is 220 cm³/mol. The van der Waals surface area contributed by atoms with Crippen molar-refractivity contribution in [2.75, 3.05) is 20.7 Å². The molecule has 1 spiro atoms. The van der Waals surface area contributed by atoms with Crippen LogP contribution in [0.3, 0.4) is 0 Å². The molecule has 2 heterocycles. The summed E-state index contributed by atoms with van der Waals surface area (Å²) >= 11 is 0. The van der Waals surface area contributed by atoms with Gasteiger partial charge in [0.2, 0.25) is 5.60 Å². The Balaban J connectivity index is 1.64. The summed E-state index contributed by atoms with van der Waals surface area (Å²) in [5.74, 6) is -5.76. The maximum Gasteiger partial charge on any atom is 0.509 e. The average Bonchev–Trinajstić information content (AvgIpc) is 3.55. The van der Waals surface area contributed by atoms with Crippen molar-refractivity contribution in [3.63, 3.8) is 0 Å². The number of aliphatic hydroxyl groups is 2. The van der Waals surface area contributed by atoms with E-state index in [0.29, 0.717) is 5.57 Å². The first kappa shape index (κ1) is 47.9. The van der Waals surface area contributed by atoms with Crippen LogP contribution in [0.15, 0.2) is 53.1 Å². The van der Waals surface area contributed by atoms with Gasteiger partial charge in [-0.25, -0.2) is 24.0 Å². The second-order valence-corrected chi connectivity index (χ2v) is 19.2. The number of carbonyl (C=O) groups is 7. The first-order valence-electron chi connectivity index (χ1n) is 20.9. The van der Waals surface area contributed by atoms with Crippen LogP contribution < -0.4 is 5.32 Å². The number of ketones is 1. The molecular weight excluding hydrogens is 840 g/mol. The van der Waals surface area contributed by atoms with Crippen molar-refractivity contribution in [1.82, 2.24) is 10.2 Å². The summed E-state index contributed by atoms with van der Waals surface area (Å²) in [4.78, 5) is 99.5. The summed E-state index contributed by atoms with van der Waals surface area (Å²) < 4.78 is 48.4. The van der Waals surface area contributed by atoms with E-state index in [2.05, 4.69) is 5.32 Å². The second-order valence-electron chi connectivity index (χ2n) is 19.2. The summed E-state index contributed by atoms with van der Waals surface area (Å²) in [6, 6.07) is 6.27. The fourth-order valence-corrected chi connectivity index (χ4v) is 10.2. The fraction of sp³-hybridized carbons (Fsp3) is 0.622. The van der Waals surface area contributed by atoms with Gasteiger partial charge in [0, 0.05) is 32.9 Å². The summed E-state index contributed by atoms with van der Waals surface area (Å²) in [6.45, 7) is 14.8. The van der Waals surface area contributed by atoms with Crippen molar-refractivity contribution in [1.29, 1.82) is 0 Å². The molecule has 6 rings (SSSR count). The smallest absolute Gasteiger partial charge is 0.454 e. The third kappa shape index (κ3) is 7.88. The lowest BCUT2D eigenvalue weighted by Gasteiger charge is -2.67. The molecule has 350 valence electrons. The van der Waals surface area contributed by atoms with E-state index in [1.165, 1.54) is 60.0 Å². The van der Waals surface area contributed by atoms with Crippen LogP contribution in [0.4, 0.5) is 14.4 Å². The number of alkyl carbamates (subject to hydrolysis) is 1. The Morgan fingerprint density at radius 2 is 1.62 bits per heavy atom. The van der Waals surface area contributed by atoms with Gasteiger partial charge in [-0.05, 0) is 71.7 Å². The molecule has 2 saturated heterocycles. The van der Waals surface area contributed by atoms with Crippen molar-refractivity contribution in [2.45, 2.75) is 141 Å². The summed E-state index contributed by atoms with van der Waals surface area (Å²) in [5.41, 5.74) is -8.64. The van der Waals surface area contributed by atoms with E-state index in [9.17, 15) is 39.0 Å². The fourth-order valence-electron chi connectivity index (χ4n) is 10.2. The number of hydrogen-bond donors (Lipinski definition) is 3. The van der Waals surface area contributed by atoms with Gasteiger partial charge in [0.1, 0.15) is 11.7 Å². The van der Waals surface area contributed by atoms with Gasteiger partial charge in [-0.15, -0.1) is 0 Å². The highest BCUT2D eigenvalue weighted by Crippen LogP contribution is 2.67. The highest BCUT2D eigenvalue weighted by atomic mass is 16.8. The number of nitrogens with zero attached hydrogens (tertiary/aromatic N) is 1. The van der Waals surface area contributed by atoms with Gasteiger partial charge in [0.25, 0.3) is 0 Å². The number of benzene rings is 1. The van der Waals surface area contributed by atoms with Crippen LogP contribution in [0.1, 0.15) is 86.0 Å². The molecule has 3 N–H and O–H groups in total. The first-order valence-corrected chi connectivity index (χ1v) is 20.9. The van der Waals surface area contributed by atoms with E-state index in [0.717, 1.165) is 11.8 Å². The van der Waals surface area contributed by atoms with Gasteiger partial charge in [-0.3, -0.25) is 9.59 Å². The van der Waals surface area contributed by atoms with Crippen LogP contribution in [0, 0.1) is 16.7 Å². The van der Waals surface area contributed by atoms with E-state index in [1.807, 2.05) is 0 Å². The number of ether oxygens (including phenoxy) is 8. The normalized spacial score (nSPS) is 33.2. The van der Waals surface area contributed by atoms with E-state index in [4.69, 9.17) is 37.9 Å². The number of esters is 3. The van der Waals surface area contributed by atoms with E-state index in [-0.39, 0.29) is 29.7 Å². The first-order chi connectivity index (χ1) is 29.6. The lowest BCUT2D eigenvalue weighted by atomic mass is 9.44. The lowest BCUT2D eigenvalue weighted by Crippen LogP contribution is -2.83. The Hall–Kier alpha value is -5.53. The van der Waals surface area contributed by atoms with Crippen LogP contribution in [0.2, 0.25) is 0 Å². The van der Waals surface area contributed by atoms with Crippen LogP contribution >= 0.6 is 0 Å². The predicted octanol–water partition coefficient (Wildman–Crippen LogP) is 3.71. The van der Waals surface area contributed by atoms with Gasteiger partial charge in [-0.2, -0.15) is 0 Å². The molecule has 4 fully saturated rings. The molecule has 19 heteroatoms. The molecule has 0 aromatic heterocycles. The quantitative estimate of drug-likeness (QED) is 0.182. The number of Topliss-reactive ketones (excluding diaryl/α,β-unsaturated/α-hetero) is 1. The molecule has 0 radical (unpaired) electrons. The standard InChI is InChI=1S/C45H58N2O17/c1-21(2)18-25(46-38(54)63-41(5,6)7)29(50)37(53)58-30-22(3)28-31(59-39(55)47(11)12)33(51)43(10)26(49)19-27-44(20-57-27,62-23(4)48)32(43)35(60-36(52)24-16-14-13-15-17-24)45(42(28,8)9)34(30)61-40(56)64-45/h13-18,25-27,29-32,34-35,49-50H,19-20H2,1-12H3,(H,46,54)/t25-,26-,27+,29+,30+,31+,32-,34-,35-,43+,44-,45+/m0/s1. The summed E-state index contributed by atoms with van der Waals surface area (Å²) in [5, 5.41) is 26.3. The maximum absolute atomic E-state index is 15.8. The SMILES string of the molecule is CC(=O)O[C@@]12CO[C@@H]1C[C@H](O)[C@@]1(C)C(=O)[C@H](OC(=O)N(C)C)C3=C(C)[C@@H](OC(=O)[C@H](O)[C@H](C=C(C)C)NC(=O)OC(C)(C)C)[C@@H]4OC(=O)O[C@]4([C@@H](OC(=O)c4ccccc4)[C@H]21)C3(C)C. The Kier molecular flexibility index (Phi) is 12.6. The van der Waals surface area contributed by atoms with Gasteiger partial charge in [0.05, 0.1) is 35.6 Å². The van der Waals surface area contributed by atoms with E-state index >= 15 is 4.79 Å². The Labute approximate surface area is 370 Å². The Morgan fingerprint density at radius 1 is 0.984 bits per heavy atom. The minimum Gasteiger partial charge on any atom is -0.454 e. The van der Waals surface area contributed by atoms with Crippen LogP contribution in [-0.4, -0.2) is 143 Å². The number of carbonyl (C=O) groups excluding carboxylic acids is 7. The zero-order valence-corrected chi connectivity index (χ0v) is 38.0. The molecule has 12 atom stereocenters. The number of fused-ring (bicyclic) bond motifs is 4. The van der Waals surface area contributed by atoms with Crippen molar-refractivity contribution in [3.8, 4) is 0 Å². The molecule has 64 heavy (non-hydrogen) atoms. The summed E-state index contributed by atoms with van der Waals surface area (Å²) in [7, 11) is 2.75. The third-order valence-corrected chi connectivity index (χ3v) is 13.0. The zero-order chi connectivity index (χ0) is 47.6. The Morgan fingerprint density at radius 3 is 2.17 bits per heavy atom. The monoisotopic (exact) mass is 898 g/mol. The molecule has 2 aliphatic heterocycles. The Bertz CT molecular complexity index is 2160. The van der Waals surface area contributed by atoms with Crippen LogP contribution in [0.5, 0.6) is 0 Å². The number of nitrogens with one attached hydrogen (secondary N) is 1. The molecule has 3 aliphatic carbocycles. The highest BCUT2D eigenvalue weighted by Gasteiger charge is 2.83. The molecule has 19 nitrogen and oxygen atoms in total. The number of hydrogen-bond acceptors (Lipinski definition) is 17. The topological polar surface area (TPSA) is 249 Å². The van der Waals surface area contributed by atoms with Crippen molar-refractivity contribution < 1.29 is 81.7 Å². The summed E-state index contributed by atoms with van der Waals surface area (Å²) in [6.07, 6.45) is -14.5. The highest BCUT2D eigenvalue weighted by molar-refractivity contribution is 5.96. The molecule has 1 aromatic carbocycles. The lowest BCUT2D eigenvalue weighted by molar-refractivity contribution is -0.345. The van der Waals surface area contributed by atoms with Gasteiger partial charge in [0.15, 0.2) is 41.9 Å². The molecular formula is C45H58N2O17. The zero-order valence-electron chi connectivity index (χ0n) is 38.0. The maximum atomic E-state index is 15.8. The average molecular weight is 899 g/mol. The molecule has 1 aromatic rings. The van der Waals surface area contributed by atoms with E-state index < -0.39 is 124 Å². The number of amides is 2. The largest absolute Gasteiger partial charge is 0.509 e. The van der Waals surface area contributed by atoms with Gasteiger partial charge in [-0.1, -0.05) is 43.7 Å². The van der Waals surface area contributed by atoms with Crippen molar-refractivity contribution in [2.24, 2.45) is 16.7 Å². The minimum atomic E-state index is -2.40. The third-order valence-electron chi connectivity index (χ3n) is 13.0. The second kappa shape index (κ2) is 16.8. The number of rotatable bonds is 9. The van der Waals surface area contributed by atoms with Gasteiger partial charge >= 0.3 is 36.2 Å². The number of aliphatic hydroxyl groups excluding tert-OH is 2. The molecule has 2 bridgehead atoms. The number of allylic oxidation sites excluding steroid dienone is 1. The van der Waals surface area contributed by atoms with Crippen LogP contribution in [0.25, 0.3) is 0 Å². The van der Waals surface area contributed by atoms with Crippen molar-refractivity contribution in [3.05, 3.63) is 58.7 Å². The molecule has 0 unspecified atom stereocenters.